The molecular formula is C22H24N2O5. The number of ether oxygens (including phenoxy) is 1. The van der Waals surface area contributed by atoms with E-state index in [0.29, 0.717) is 24.9 Å². The number of hydrogen-bond donors (Lipinski definition) is 2. The quantitative estimate of drug-likeness (QED) is 0.750. The largest absolute Gasteiger partial charge is 0.496 e. The lowest BCUT2D eigenvalue weighted by atomic mass is 10.1. The minimum atomic E-state index is -1.10. The van der Waals surface area contributed by atoms with Gasteiger partial charge in [0.05, 0.1) is 7.11 Å². The summed E-state index contributed by atoms with van der Waals surface area (Å²) < 4.78 is 5.05. The summed E-state index contributed by atoms with van der Waals surface area (Å²) >= 11 is 0. The van der Waals surface area contributed by atoms with Crippen LogP contribution in [0, 0.1) is 6.92 Å². The maximum atomic E-state index is 12.7. The van der Waals surface area contributed by atoms with E-state index in [4.69, 9.17) is 4.74 Å². The lowest BCUT2D eigenvalue weighted by Crippen LogP contribution is -2.44. The molecule has 7 nitrogen and oxygen atoms in total. The summed E-state index contributed by atoms with van der Waals surface area (Å²) in [6.07, 6.45) is 0.815. The summed E-state index contributed by atoms with van der Waals surface area (Å²) in [6, 6.07) is 12.1. The SMILES string of the molecule is COc1ccc(CNC(=O)[C@H]2CCC(=O)N2Cc2ccc(C)cc2)cc1C(=O)O. The molecule has 1 aliphatic rings. The molecule has 1 fully saturated rings. The van der Waals surface area contributed by atoms with Gasteiger partial charge in [-0.2, -0.15) is 0 Å². The van der Waals surface area contributed by atoms with Crippen LogP contribution in [-0.2, 0) is 22.7 Å². The molecule has 2 amide bonds. The van der Waals surface area contributed by atoms with E-state index >= 15 is 0 Å². The number of likely N-dealkylation sites (tertiary alicyclic amines) is 1. The van der Waals surface area contributed by atoms with Gasteiger partial charge in [-0.25, -0.2) is 4.79 Å². The molecule has 1 aliphatic heterocycles. The topological polar surface area (TPSA) is 95.9 Å². The van der Waals surface area contributed by atoms with Gasteiger partial charge in [-0.1, -0.05) is 35.9 Å². The fourth-order valence-electron chi connectivity index (χ4n) is 3.43. The number of nitrogens with one attached hydrogen (secondary N) is 1. The Morgan fingerprint density at radius 1 is 1.17 bits per heavy atom. The number of carbonyl (C=O) groups is 3. The number of amides is 2. The van der Waals surface area contributed by atoms with Gasteiger partial charge >= 0.3 is 5.97 Å². The highest BCUT2D eigenvalue weighted by atomic mass is 16.5. The number of aromatic carboxylic acids is 1. The third kappa shape index (κ3) is 4.74. The van der Waals surface area contributed by atoms with Crippen molar-refractivity contribution >= 4 is 17.8 Å². The number of methoxy groups -OCH3 is 1. The first-order valence-corrected chi connectivity index (χ1v) is 9.42. The van der Waals surface area contributed by atoms with Crippen LogP contribution in [0.15, 0.2) is 42.5 Å². The maximum absolute atomic E-state index is 12.7. The van der Waals surface area contributed by atoms with Gasteiger partial charge in [0, 0.05) is 19.5 Å². The van der Waals surface area contributed by atoms with Crippen LogP contribution >= 0.6 is 0 Å². The Morgan fingerprint density at radius 3 is 2.52 bits per heavy atom. The van der Waals surface area contributed by atoms with E-state index in [0.717, 1.165) is 11.1 Å². The highest BCUT2D eigenvalue weighted by Gasteiger charge is 2.35. The Morgan fingerprint density at radius 2 is 1.86 bits per heavy atom. The Balaban J connectivity index is 1.66. The van der Waals surface area contributed by atoms with Gasteiger partial charge < -0.3 is 20.1 Å². The summed E-state index contributed by atoms with van der Waals surface area (Å²) in [5, 5.41) is 12.1. The number of carbonyl (C=O) groups excluding carboxylic acids is 2. The molecule has 7 heteroatoms. The monoisotopic (exact) mass is 396 g/mol. The van der Waals surface area contributed by atoms with Crippen molar-refractivity contribution in [3.05, 3.63) is 64.7 Å². The fourth-order valence-corrected chi connectivity index (χ4v) is 3.43. The predicted molar refractivity (Wildman–Crippen MR) is 107 cm³/mol. The number of aryl methyl sites for hydroxylation is 1. The number of carboxylic acid groups (broad SMARTS) is 1. The molecule has 0 radical (unpaired) electrons. The van der Waals surface area contributed by atoms with Gasteiger partial charge in [-0.15, -0.1) is 0 Å². The number of nitrogens with zero attached hydrogens (tertiary/aromatic N) is 1. The van der Waals surface area contributed by atoms with Gasteiger partial charge in [0.2, 0.25) is 11.8 Å². The molecule has 2 aromatic rings. The summed E-state index contributed by atoms with van der Waals surface area (Å²) in [5.41, 5.74) is 2.79. The molecule has 152 valence electrons. The summed E-state index contributed by atoms with van der Waals surface area (Å²) in [6.45, 7) is 2.56. The molecule has 1 saturated heterocycles. The van der Waals surface area contributed by atoms with Crippen LogP contribution in [0.2, 0.25) is 0 Å². The normalized spacial score (nSPS) is 16.0. The van der Waals surface area contributed by atoms with Gasteiger partial charge in [0.1, 0.15) is 17.4 Å². The highest BCUT2D eigenvalue weighted by Crippen LogP contribution is 2.23. The first kappa shape index (κ1) is 20.4. The average molecular weight is 396 g/mol. The Bertz CT molecular complexity index is 923. The molecule has 0 unspecified atom stereocenters. The molecule has 0 spiro atoms. The van der Waals surface area contributed by atoms with Crippen molar-refractivity contribution < 1.29 is 24.2 Å². The van der Waals surface area contributed by atoms with Crippen LogP contribution in [-0.4, -0.2) is 40.9 Å². The minimum Gasteiger partial charge on any atom is -0.496 e. The average Bonchev–Trinajstić information content (AvgIpc) is 3.08. The molecule has 2 N–H and O–H groups in total. The van der Waals surface area contributed by atoms with E-state index in [2.05, 4.69) is 5.32 Å². The molecule has 1 heterocycles. The van der Waals surface area contributed by atoms with Crippen molar-refractivity contribution in [2.24, 2.45) is 0 Å². The maximum Gasteiger partial charge on any atom is 0.339 e. The Kier molecular flexibility index (Phi) is 6.16. The summed E-state index contributed by atoms with van der Waals surface area (Å²) in [5.74, 6) is -1.11. The molecule has 0 saturated carbocycles. The van der Waals surface area contributed by atoms with Crippen molar-refractivity contribution in [2.45, 2.75) is 38.9 Å². The van der Waals surface area contributed by atoms with Crippen molar-refractivity contribution in [1.29, 1.82) is 0 Å². The van der Waals surface area contributed by atoms with Crippen molar-refractivity contribution in [1.82, 2.24) is 10.2 Å². The van der Waals surface area contributed by atoms with Crippen LogP contribution < -0.4 is 10.1 Å². The number of carboxylic acids is 1. The molecule has 0 bridgehead atoms. The standard InChI is InChI=1S/C22H24N2O5/c1-14-3-5-15(6-4-14)13-24-18(8-10-20(24)25)21(26)23-12-16-7-9-19(29-2)17(11-16)22(27)28/h3-7,9,11,18H,8,10,12-13H2,1-2H3,(H,23,26)(H,27,28)/t18-/m1/s1. The van der Waals surface area contributed by atoms with Crippen molar-refractivity contribution in [2.75, 3.05) is 7.11 Å². The highest BCUT2D eigenvalue weighted by molar-refractivity contribution is 5.92. The minimum absolute atomic E-state index is 0.0382. The van der Waals surface area contributed by atoms with Crippen LogP contribution in [0.5, 0.6) is 5.75 Å². The lowest BCUT2D eigenvalue weighted by Gasteiger charge is -2.24. The fraction of sp³-hybridized carbons (Fsp3) is 0.318. The van der Waals surface area contributed by atoms with Gasteiger partial charge in [0.25, 0.3) is 0 Å². The van der Waals surface area contributed by atoms with E-state index in [1.165, 1.54) is 13.2 Å². The molecule has 2 aromatic carbocycles. The zero-order valence-corrected chi connectivity index (χ0v) is 16.5. The lowest BCUT2D eigenvalue weighted by molar-refractivity contribution is -0.135. The molecule has 29 heavy (non-hydrogen) atoms. The van der Waals surface area contributed by atoms with Crippen molar-refractivity contribution in [3.8, 4) is 5.75 Å². The second-order valence-corrected chi connectivity index (χ2v) is 7.12. The Labute approximate surface area is 169 Å². The zero-order valence-electron chi connectivity index (χ0n) is 16.5. The van der Waals surface area contributed by atoms with E-state index in [-0.39, 0.29) is 29.7 Å². The van der Waals surface area contributed by atoms with E-state index in [1.807, 2.05) is 31.2 Å². The Hall–Kier alpha value is -3.35. The van der Waals surface area contributed by atoms with E-state index < -0.39 is 12.0 Å². The second kappa shape index (κ2) is 8.77. The third-order valence-electron chi connectivity index (χ3n) is 5.07. The van der Waals surface area contributed by atoms with Crippen LogP contribution in [0.25, 0.3) is 0 Å². The third-order valence-corrected chi connectivity index (χ3v) is 5.07. The van der Waals surface area contributed by atoms with Gasteiger partial charge in [-0.3, -0.25) is 9.59 Å². The first-order valence-electron chi connectivity index (χ1n) is 9.42. The van der Waals surface area contributed by atoms with Crippen LogP contribution in [0.3, 0.4) is 0 Å². The second-order valence-electron chi connectivity index (χ2n) is 7.12. The molecular weight excluding hydrogens is 372 g/mol. The van der Waals surface area contributed by atoms with E-state index in [1.54, 1.807) is 17.0 Å². The van der Waals surface area contributed by atoms with E-state index in [9.17, 15) is 19.5 Å². The zero-order chi connectivity index (χ0) is 21.0. The number of rotatable bonds is 7. The van der Waals surface area contributed by atoms with Crippen molar-refractivity contribution in [3.63, 3.8) is 0 Å². The summed E-state index contributed by atoms with van der Waals surface area (Å²) in [7, 11) is 1.41. The smallest absolute Gasteiger partial charge is 0.339 e. The van der Waals surface area contributed by atoms with Crippen LogP contribution in [0.1, 0.15) is 39.9 Å². The summed E-state index contributed by atoms with van der Waals surface area (Å²) in [4.78, 5) is 38.0. The van der Waals surface area contributed by atoms with Gasteiger partial charge in [0.15, 0.2) is 0 Å². The molecule has 3 rings (SSSR count). The first-order chi connectivity index (χ1) is 13.9. The molecule has 0 aliphatic carbocycles. The predicted octanol–water partition coefficient (Wildman–Crippen LogP) is 2.51. The van der Waals surface area contributed by atoms with Crippen LogP contribution in [0.4, 0.5) is 0 Å². The number of hydrogen-bond acceptors (Lipinski definition) is 4. The molecule has 0 aromatic heterocycles. The number of benzene rings is 2. The van der Waals surface area contributed by atoms with Gasteiger partial charge in [-0.05, 0) is 36.6 Å². The molecule has 1 atom stereocenters.